The van der Waals surface area contributed by atoms with E-state index < -0.39 is 0 Å². The number of epoxide rings is 2. The number of hydrogen-bond donors (Lipinski definition) is 0. The van der Waals surface area contributed by atoms with Crippen molar-refractivity contribution in [3.8, 4) is 0 Å². The lowest BCUT2D eigenvalue weighted by molar-refractivity contribution is 0.0235. The van der Waals surface area contributed by atoms with Crippen LogP contribution >= 0.6 is 0 Å². The molecule has 2 fully saturated rings. The lowest BCUT2D eigenvalue weighted by atomic mass is 9.94. The summed E-state index contributed by atoms with van der Waals surface area (Å²) in [4.78, 5) is 0. The summed E-state index contributed by atoms with van der Waals surface area (Å²) in [7, 11) is 0. The summed E-state index contributed by atoms with van der Waals surface area (Å²) in [6, 6.07) is 0. The molecule has 96 valence electrons. The second kappa shape index (κ2) is 4.56. The Morgan fingerprint density at radius 3 is 1.65 bits per heavy atom. The molecule has 17 heavy (non-hydrogen) atoms. The molecule has 2 rings (SSSR count). The van der Waals surface area contributed by atoms with Gasteiger partial charge in [0, 0.05) is 11.8 Å². The van der Waals surface area contributed by atoms with E-state index >= 15 is 0 Å². The van der Waals surface area contributed by atoms with Crippen LogP contribution in [0.3, 0.4) is 0 Å². The molecule has 2 heterocycles. The van der Waals surface area contributed by atoms with Crippen LogP contribution in [0.4, 0.5) is 0 Å². The lowest BCUT2D eigenvalue weighted by Gasteiger charge is -2.20. The van der Waals surface area contributed by atoms with Crippen molar-refractivity contribution in [2.24, 2.45) is 11.8 Å². The monoisotopic (exact) mass is 238 g/mol. The van der Waals surface area contributed by atoms with Crippen molar-refractivity contribution in [1.82, 2.24) is 0 Å². The molecule has 0 radical (unpaired) electrons. The van der Waals surface area contributed by atoms with E-state index in [9.17, 15) is 0 Å². The third-order valence-corrected chi connectivity index (χ3v) is 4.09. The van der Waals surface area contributed by atoms with E-state index in [-0.39, 0.29) is 11.2 Å². The molecule has 0 aromatic carbocycles. The molecule has 4 atom stereocenters. The zero-order valence-electron chi connectivity index (χ0n) is 10.8. The quantitative estimate of drug-likeness (QED) is 0.480. The second-order valence-corrected chi connectivity index (χ2v) is 5.25. The molecule has 0 saturated carbocycles. The minimum Gasteiger partial charge on any atom is -0.375 e. The first-order chi connectivity index (χ1) is 8.08. The van der Waals surface area contributed by atoms with Gasteiger partial charge in [-0.15, -0.1) is 13.2 Å². The number of rotatable bonds is 8. The van der Waals surface area contributed by atoms with Gasteiger partial charge in [-0.1, -0.05) is 26.0 Å². The number of ether oxygens (including phenoxy) is 3. The molecule has 0 bridgehead atoms. The van der Waals surface area contributed by atoms with Gasteiger partial charge < -0.3 is 14.2 Å². The lowest BCUT2D eigenvalue weighted by Crippen LogP contribution is -2.32. The fourth-order valence-electron chi connectivity index (χ4n) is 1.97. The standard InChI is InChI=1S/C14H22O3/c1-5-11(3)13(9-16-13)7-15-8-14(10-17-14)12(4)6-2/h5-6,11-12H,1-2,7-10H2,3-4H3. The van der Waals surface area contributed by atoms with Crippen molar-refractivity contribution in [2.45, 2.75) is 25.0 Å². The molecule has 2 aliphatic heterocycles. The molecule has 0 aromatic heterocycles. The van der Waals surface area contributed by atoms with E-state index in [4.69, 9.17) is 14.2 Å². The molecule has 0 N–H and O–H groups in total. The minimum atomic E-state index is -0.130. The Bertz CT molecular complexity index is 273. The molecule has 0 spiro atoms. The van der Waals surface area contributed by atoms with Gasteiger partial charge in [-0.25, -0.2) is 0 Å². The van der Waals surface area contributed by atoms with Crippen LogP contribution in [0.15, 0.2) is 25.3 Å². The summed E-state index contributed by atoms with van der Waals surface area (Å²) in [5.74, 6) is 0.658. The third kappa shape index (κ3) is 2.46. The van der Waals surface area contributed by atoms with Crippen LogP contribution in [0.5, 0.6) is 0 Å². The van der Waals surface area contributed by atoms with Gasteiger partial charge >= 0.3 is 0 Å². The summed E-state index contributed by atoms with van der Waals surface area (Å²) in [5.41, 5.74) is -0.259. The summed E-state index contributed by atoms with van der Waals surface area (Å²) in [6.45, 7) is 14.6. The molecule has 0 amide bonds. The van der Waals surface area contributed by atoms with Crippen molar-refractivity contribution in [2.75, 3.05) is 26.4 Å². The van der Waals surface area contributed by atoms with Gasteiger partial charge in [-0.3, -0.25) is 0 Å². The van der Waals surface area contributed by atoms with Crippen LogP contribution in [0.2, 0.25) is 0 Å². The zero-order chi connectivity index (χ0) is 12.5. The van der Waals surface area contributed by atoms with Crippen molar-refractivity contribution in [3.05, 3.63) is 25.3 Å². The maximum atomic E-state index is 5.79. The van der Waals surface area contributed by atoms with E-state index in [0.717, 1.165) is 13.2 Å². The van der Waals surface area contributed by atoms with Crippen LogP contribution in [-0.2, 0) is 14.2 Å². The molecule has 2 aliphatic rings. The Balaban J connectivity index is 1.77. The maximum Gasteiger partial charge on any atom is 0.121 e. The van der Waals surface area contributed by atoms with Gasteiger partial charge in [0.2, 0.25) is 0 Å². The van der Waals surface area contributed by atoms with E-state index in [1.165, 1.54) is 0 Å². The Hall–Kier alpha value is -0.640. The average molecular weight is 238 g/mol. The third-order valence-electron chi connectivity index (χ3n) is 4.09. The van der Waals surface area contributed by atoms with Gasteiger partial charge in [-0.05, 0) is 0 Å². The Labute approximate surface area is 103 Å². The summed E-state index contributed by atoms with van der Waals surface area (Å²) in [6.07, 6.45) is 3.85. The molecule has 4 unspecified atom stereocenters. The summed E-state index contributed by atoms with van der Waals surface area (Å²) >= 11 is 0. The highest BCUT2D eigenvalue weighted by Crippen LogP contribution is 2.39. The zero-order valence-corrected chi connectivity index (χ0v) is 10.8. The van der Waals surface area contributed by atoms with Gasteiger partial charge in [0.25, 0.3) is 0 Å². The molecule has 3 nitrogen and oxygen atoms in total. The predicted octanol–water partition coefficient (Wildman–Crippen LogP) is 2.19. The normalized spacial score (nSPS) is 38.2. The molecule has 3 heteroatoms. The fraction of sp³-hybridized carbons (Fsp3) is 0.714. The molecule has 0 aliphatic carbocycles. The first kappa shape index (κ1) is 12.8. The molecular formula is C14H22O3. The smallest absolute Gasteiger partial charge is 0.121 e. The minimum absolute atomic E-state index is 0.130. The SMILES string of the molecule is C=CC(C)C1(COCC2(C(C)C=C)CO2)CO1. The highest BCUT2D eigenvalue weighted by molar-refractivity contribution is 5.05. The average Bonchev–Trinajstić information content (AvgIpc) is 3.23. The highest BCUT2D eigenvalue weighted by Gasteiger charge is 2.52. The van der Waals surface area contributed by atoms with Gasteiger partial charge in [0.05, 0.1) is 26.4 Å². The van der Waals surface area contributed by atoms with E-state index in [2.05, 4.69) is 27.0 Å². The van der Waals surface area contributed by atoms with E-state index in [1.54, 1.807) is 0 Å². The topological polar surface area (TPSA) is 34.3 Å². The van der Waals surface area contributed by atoms with Crippen molar-refractivity contribution in [1.29, 1.82) is 0 Å². The molecule has 2 saturated heterocycles. The largest absolute Gasteiger partial charge is 0.375 e. The van der Waals surface area contributed by atoms with Crippen LogP contribution in [0.1, 0.15) is 13.8 Å². The van der Waals surface area contributed by atoms with Gasteiger partial charge in [0.15, 0.2) is 0 Å². The fourth-order valence-corrected chi connectivity index (χ4v) is 1.97. The van der Waals surface area contributed by atoms with Crippen LogP contribution in [-0.4, -0.2) is 37.6 Å². The van der Waals surface area contributed by atoms with Crippen LogP contribution < -0.4 is 0 Å². The van der Waals surface area contributed by atoms with Gasteiger partial charge in [0.1, 0.15) is 11.2 Å². The highest BCUT2D eigenvalue weighted by atomic mass is 16.6. The molecular weight excluding hydrogens is 216 g/mol. The van der Waals surface area contributed by atoms with Gasteiger partial charge in [-0.2, -0.15) is 0 Å². The predicted molar refractivity (Wildman–Crippen MR) is 66.9 cm³/mol. The van der Waals surface area contributed by atoms with Crippen LogP contribution in [0, 0.1) is 11.8 Å². The van der Waals surface area contributed by atoms with Crippen molar-refractivity contribution < 1.29 is 14.2 Å². The summed E-state index contributed by atoms with van der Waals surface area (Å²) < 4.78 is 16.8. The maximum absolute atomic E-state index is 5.79. The summed E-state index contributed by atoms with van der Waals surface area (Å²) in [5, 5.41) is 0. The molecule has 0 aromatic rings. The van der Waals surface area contributed by atoms with E-state index in [1.807, 2.05) is 12.2 Å². The number of hydrogen-bond acceptors (Lipinski definition) is 3. The second-order valence-electron chi connectivity index (χ2n) is 5.25. The van der Waals surface area contributed by atoms with Crippen molar-refractivity contribution >= 4 is 0 Å². The van der Waals surface area contributed by atoms with E-state index in [0.29, 0.717) is 25.0 Å². The first-order valence-electron chi connectivity index (χ1n) is 6.19. The van der Waals surface area contributed by atoms with Crippen LogP contribution in [0.25, 0.3) is 0 Å². The Morgan fingerprint density at radius 1 is 1.06 bits per heavy atom. The Kier molecular flexibility index (Phi) is 3.43. The first-order valence-corrected chi connectivity index (χ1v) is 6.19. The van der Waals surface area contributed by atoms with Crippen molar-refractivity contribution in [3.63, 3.8) is 0 Å². The Morgan fingerprint density at radius 2 is 1.41 bits per heavy atom.